The highest BCUT2D eigenvalue weighted by Crippen LogP contribution is 2.43. The number of para-hydroxylation sites is 2. The highest BCUT2D eigenvalue weighted by atomic mass is 16.3. The number of hydrogen-bond donors (Lipinski definition) is 0. The molecular weight excluding hydrogens is 655 g/mol. The Balaban J connectivity index is 1.04. The van der Waals surface area contributed by atoms with Gasteiger partial charge in [-0.05, 0) is 110 Å². The molecule has 54 heavy (non-hydrogen) atoms. The van der Waals surface area contributed by atoms with Gasteiger partial charge in [0.15, 0.2) is 0 Å². The lowest BCUT2D eigenvalue weighted by atomic mass is 9.90. The molecule has 0 saturated heterocycles. The van der Waals surface area contributed by atoms with Crippen molar-refractivity contribution in [1.82, 2.24) is 0 Å². The lowest BCUT2D eigenvalue weighted by Crippen LogP contribution is -2.09. The summed E-state index contributed by atoms with van der Waals surface area (Å²) in [6.07, 6.45) is 0. The van der Waals surface area contributed by atoms with E-state index in [1.807, 2.05) is 12.1 Å². The van der Waals surface area contributed by atoms with Gasteiger partial charge in [0.25, 0.3) is 0 Å². The molecule has 0 aliphatic heterocycles. The van der Waals surface area contributed by atoms with Crippen molar-refractivity contribution in [3.63, 3.8) is 0 Å². The van der Waals surface area contributed by atoms with Gasteiger partial charge in [-0.2, -0.15) is 0 Å². The highest BCUT2D eigenvalue weighted by Gasteiger charge is 2.18. The maximum absolute atomic E-state index is 6.43. The topological polar surface area (TPSA) is 16.4 Å². The minimum absolute atomic E-state index is 0.889. The third-order valence-electron chi connectivity index (χ3n) is 10.5. The van der Waals surface area contributed by atoms with E-state index in [9.17, 15) is 0 Å². The van der Waals surface area contributed by atoms with Crippen LogP contribution in [0.15, 0.2) is 217 Å². The zero-order valence-corrected chi connectivity index (χ0v) is 29.6. The molecule has 1 aromatic heterocycles. The van der Waals surface area contributed by atoms with Crippen LogP contribution in [0.2, 0.25) is 0 Å². The van der Waals surface area contributed by atoms with Gasteiger partial charge in [0.05, 0.1) is 0 Å². The van der Waals surface area contributed by atoms with Crippen molar-refractivity contribution in [2.45, 2.75) is 0 Å². The van der Waals surface area contributed by atoms with E-state index in [1.165, 1.54) is 44.2 Å². The van der Waals surface area contributed by atoms with Gasteiger partial charge in [0.1, 0.15) is 11.2 Å². The summed E-state index contributed by atoms with van der Waals surface area (Å²) in [4.78, 5) is 2.32. The Morgan fingerprint density at radius 2 is 0.778 bits per heavy atom. The van der Waals surface area contributed by atoms with Gasteiger partial charge >= 0.3 is 0 Å². The Bertz CT molecular complexity index is 2880. The molecule has 2 nitrogen and oxygen atoms in total. The molecule has 0 bridgehead atoms. The van der Waals surface area contributed by atoms with Crippen LogP contribution in [0.3, 0.4) is 0 Å². The molecule has 0 aliphatic carbocycles. The largest absolute Gasteiger partial charge is 0.456 e. The maximum Gasteiger partial charge on any atom is 0.136 e. The lowest BCUT2D eigenvalue weighted by Gasteiger charge is -2.26. The second kappa shape index (κ2) is 13.4. The molecule has 0 fully saturated rings. The molecule has 0 aliphatic rings. The minimum atomic E-state index is 0.889. The summed E-state index contributed by atoms with van der Waals surface area (Å²) in [6.45, 7) is 0. The first kappa shape index (κ1) is 31.6. The summed E-state index contributed by atoms with van der Waals surface area (Å²) in [7, 11) is 0. The van der Waals surface area contributed by atoms with Crippen LogP contribution < -0.4 is 4.90 Å². The molecule has 10 rings (SSSR count). The summed E-state index contributed by atoms with van der Waals surface area (Å²) in [6, 6.07) is 75.8. The Hall–Kier alpha value is -7.16. The first-order chi connectivity index (χ1) is 26.8. The van der Waals surface area contributed by atoms with Crippen molar-refractivity contribution in [3.8, 4) is 44.5 Å². The van der Waals surface area contributed by atoms with Crippen LogP contribution in [0, 0.1) is 0 Å². The summed E-state index contributed by atoms with van der Waals surface area (Å²) in [5.74, 6) is 0. The second-order valence-corrected chi connectivity index (χ2v) is 13.7. The summed E-state index contributed by atoms with van der Waals surface area (Å²) in [5.41, 5.74) is 14.6. The molecule has 0 unspecified atom stereocenters. The lowest BCUT2D eigenvalue weighted by molar-refractivity contribution is 0.669. The number of anilines is 3. The van der Waals surface area contributed by atoms with E-state index >= 15 is 0 Å². The maximum atomic E-state index is 6.43. The summed E-state index contributed by atoms with van der Waals surface area (Å²) >= 11 is 0. The zero-order chi connectivity index (χ0) is 35.8. The predicted molar refractivity (Wildman–Crippen MR) is 228 cm³/mol. The Morgan fingerprint density at radius 3 is 1.46 bits per heavy atom. The van der Waals surface area contributed by atoms with Gasteiger partial charge < -0.3 is 9.32 Å². The summed E-state index contributed by atoms with van der Waals surface area (Å²) < 4.78 is 6.43. The average molecular weight is 690 g/mol. The van der Waals surface area contributed by atoms with Crippen LogP contribution in [0.25, 0.3) is 77.2 Å². The fourth-order valence-electron chi connectivity index (χ4n) is 7.80. The molecule has 0 radical (unpaired) electrons. The molecule has 254 valence electrons. The molecule has 2 heteroatoms. The number of benzene rings is 9. The van der Waals surface area contributed by atoms with Crippen LogP contribution in [0.1, 0.15) is 0 Å². The SMILES string of the molecule is c1ccc(-c2ccc(-c3ccc(N(c4ccccc4)c4ccc(-c5cc6oc7ccccc7c6cc5-c5cccc6ccccc56)cc4)cc3)cc2)cc1. The van der Waals surface area contributed by atoms with Crippen LogP contribution in [-0.2, 0) is 0 Å². The van der Waals surface area contributed by atoms with Crippen molar-refractivity contribution in [3.05, 3.63) is 212 Å². The average Bonchev–Trinajstić information content (AvgIpc) is 3.62. The van der Waals surface area contributed by atoms with E-state index in [0.717, 1.165) is 50.1 Å². The van der Waals surface area contributed by atoms with E-state index in [1.54, 1.807) is 0 Å². The molecule has 0 atom stereocenters. The molecule has 0 N–H and O–H groups in total. The van der Waals surface area contributed by atoms with Gasteiger partial charge in [-0.1, -0.05) is 158 Å². The van der Waals surface area contributed by atoms with Crippen molar-refractivity contribution in [2.75, 3.05) is 4.90 Å². The first-order valence-corrected chi connectivity index (χ1v) is 18.4. The number of rotatable bonds is 7. The van der Waals surface area contributed by atoms with E-state index in [2.05, 4.69) is 205 Å². The quantitative estimate of drug-likeness (QED) is 0.166. The summed E-state index contributed by atoms with van der Waals surface area (Å²) in [5, 5.41) is 4.71. The first-order valence-electron chi connectivity index (χ1n) is 18.4. The molecule has 1 heterocycles. The van der Waals surface area contributed by atoms with Crippen molar-refractivity contribution >= 4 is 49.8 Å². The van der Waals surface area contributed by atoms with Crippen molar-refractivity contribution in [2.24, 2.45) is 0 Å². The Morgan fingerprint density at radius 1 is 0.278 bits per heavy atom. The van der Waals surface area contributed by atoms with Gasteiger partial charge in [0.2, 0.25) is 0 Å². The van der Waals surface area contributed by atoms with Gasteiger partial charge in [0, 0.05) is 27.8 Å². The van der Waals surface area contributed by atoms with E-state index in [-0.39, 0.29) is 0 Å². The standard InChI is InChI=1S/C52H35NO/c1-3-12-36(13-4-1)37-22-24-38(25-23-37)39-26-30-43(31-27-39)53(42-16-5-2-6-17-42)44-32-28-41(29-33-44)48-35-52-50(47-19-9-10-21-51(47)54-52)34-49(48)46-20-11-15-40-14-7-8-18-45(40)46/h1-35H. The molecule has 9 aromatic carbocycles. The third kappa shape index (κ3) is 5.71. The number of nitrogens with zero attached hydrogens (tertiary/aromatic N) is 1. The number of hydrogen-bond acceptors (Lipinski definition) is 2. The van der Waals surface area contributed by atoms with Gasteiger partial charge in [-0.3, -0.25) is 0 Å². The van der Waals surface area contributed by atoms with E-state index in [4.69, 9.17) is 4.42 Å². The Labute approximate surface area is 314 Å². The normalized spacial score (nSPS) is 11.3. The molecular formula is C52H35NO. The smallest absolute Gasteiger partial charge is 0.136 e. The monoisotopic (exact) mass is 689 g/mol. The van der Waals surface area contributed by atoms with Crippen molar-refractivity contribution < 1.29 is 4.42 Å². The predicted octanol–water partition coefficient (Wildman–Crippen LogP) is 14.9. The Kier molecular flexibility index (Phi) is 7.85. The fourth-order valence-corrected chi connectivity index (χ4v) is 7.80. The molecule has 0 amide bonds. The number of fused-ring (bicyclic) bond motifs is 4. The van der Waals surface area contributed by atoms with Crippen LogP contribution in [-0.4, -0.2) is 0 Å². The highest BCUT2D eigenvalue weighted by molar-refractivity contribution is 6.11. The fraction of sp³-hybridized carbons (Fsp3) is 0. The van der Waals surface area contributed by atoms with Crippen LogP contribution in [0.5, 0.6) is 0 Å². The van der Waals surface area contributed by atoms with Crippen molar-refractivity contribution in [1.29, 1.82) is 0 Å². The zero-order valence-electron chi connectivity index (χ0n) is 29.6. The molecule has 10 aromatic rings. The van der Waals surface area contributed by atoms with E-state index in [0.29, 0.717) is 0 Å². The third-order valence-corrected chi connectivity index (χ3v) is 10.5. The van der Waals surface area contributed by atoms with Gasteiger partial charge in [-0.25, -0.2) is 0 Å². The van der Waals surface area contributed by atoms with E-state index < -0.39 is 0 Å². The second-order valence-electron chi connectivity index (χ2n) is 13.7. The minimum Gasteiger partial charge on any atom is -0.456 e. The van der Waals surface area contributed by atoms with Gasteiger partial charge in [-0.15, -0.1) is 0 Å². The molecule has 0 spiro atoms. The van der Waals surface area contributed by atoms with Crippen LogP contribution in [0.4, 0.5) is 17.1 Å². The van der Waals surface area contributed by atoms with Crippen LogP contribution >= 0.6 is 0 Å². The molecule has 0 saturated carbocycles. The number of furan rings is 1.